The number of aliphatic hydroxyl groups excluding tert-OH is 1. The van der Waals surface area contributed by atoms with E-state index in [1.807, 2.05) is 6.92 Å². The summed E-state index contributed by atoms with van der Waals surface area (Å²) in [7, 11) is -6.70. The number of amides is 1. The highest BCUT2D eigenvalue weighted by Gasteiger charge is 2.66. The molecule has 4 aliphatic carbocycles. The monoisotopic (exact) mass is 818 g/mol. The van der Waals surface area contributed by atoms with E-state index < -0.39 is 50.6 Å². The van der Waals surface area contributed by atoms with E-state index in [4.69, 9.17) is 9.47 Å². The van der Waals surface area contributed by atoms with E-state index in [0.717, 1.165) is 11.3 Å². The minimum absolute atomic E-state index is 0.0242. The SMILES string of the molecule is CCOC(=O)c1nn(CCCOC(=O)c2nn(CCCO)c3c2CCN(CC2(S(=O)(=O)C4(C)CC4)CC2)C3)c2c1CCN(CC1(S(=O)(=O)C3(C)CC3)CC1)C2=O. The van der Waals surface area contributed by atoms with Gasteiger partial charge in [0.1, 0.15) is 5.69 Å². The summed E-state index contributed by atoms with van der Waals surface area (Å²) in [6, 6.07) is 0. The Morgan fingerprint density at radius 3 is 1.89 bits per heavy atom. The smallest absolute Gasteiger partial charge is 0.359 e. The molecule has 2 aromatic rings. The lowest BCUT2D eigenvalue weighted by atomic mass is 10.0. The van der Waals surface area contributed by atoms with E-state index in [9.17, 15) is 36.3 Å². The Hall–Kier alpha value is -3.35. The molecule has 308 valence electrons. The van der Waals surface area contributed by atoms with Crippen LogP contribution in [0.25, 0.3) is 0 Å². The number of sulfone groups is 2. The van der Waals surface area contributed by atoms with Crippen LogP contribution in [0.4, 0.5) is 0 Å². The van der Waals surface area contributed by atoms with Gasteiger partial charge in [-0.3, -0.25) is 19.1 Å². The summed E-state index contributed by atoms with van der Waals surface area (Å²) in [5.41, 5.74) is 2.56. The topological polar surface area (TPSA) is 200 Å². The van der Waals surface area contributed by atoms with E-state index in [1.54, 1.807) is 23.4 Å². The molecule has 0 saturated heterocycles. The Kier molecular flexibility index (Phi) is 9.80. The molecule has 56 heavy (non-hydrogen) atoms. The minimum atomic E-state index is -3.43. The van der Waals surface area contributed by atoms with Crippen molar-refractivity contribution in [3.8, 4) is 0 Å². The molecule has 16 nitrogen and oxygen atoms in total. The van der Waals surface area contributed by atoms with Crippen molar-refractivity contribution in [2.75, 3.05) is 46.0 Å². The Morgan fingerprint density at radius 2 is 1.30 bits per heavy atom. The van der Waals surface area contributed by atoms with Gasteiger partial charge in [-0.05, 0) is 91.4 Å². The second-order valence-corrected chi connectivity index (χ2v) is 23.1. The number of carbonyl (C=O) groups is 3. The minimum Gasteiger partial charge on any atom is -0.461 e. The maximum atomic E-state index is 14.0. The largest absolute Gasteiger partial charge is 0.461 e. The molecule has 1 amide bonds. The second-order valence-electron chi connectivity index (χ2n) is 17.4. The molecule has 4 fully saturated rings. The Labute approximate surface area is 328 Å². The standard InChI is InChI=1S/C38H54N6O10S2/c1-4-53-33(47)30-27-8-20-42(25-38(15-16-38)56(51,52)36(3)11-12-36)32(46)31(27)44(40-30)18-6-22-54-34(48)29-26-7-19-41(23-28(26)43(39-29)17-5-21-45)24-37(13-14-37)55(49,50)35(2)9-10-35/h45H,4-25H2,1-3H3. The van der Waals surface area contributed by atoms with Gasteiger partial charge in [0.15, 0.2) is 31.1 Å². The zero-order valence-corrected chi connectivity index (χ0v) is 34.3. The van der Waals surface area contributed by atoms with Crippen molar-refractivity contribution in [1.29, 1.82) is 0 Å². The summed E-state index contributed by atoms with van der Waals surface area (Å²) >= 11 is 0. The fourth-order valence-electron chi connectivity index (χ4n) is 8.83. The number of aromatic nitrogens is 4. The average Bonchev–Trinajstić information content (AvgIpc) is 4.01. The molecule has 0 unspecified atom stereocenters. The Morgan fingerprint density at radius 1 is 0.750 bits per heavy atom. The highest BCUT2D eigenvalue weighted by molar-refractivity contribution is 7.95. The van der Waals surface area contributed by atoms with Crippen molar-refractivity contribution >= 4 is 37.5 Å². The van der Waals surface area contributed by atoms with Crippen molar-refractivity contribution in [2.45, 2.75) is 136 Å². The number of fused-ring (bicyclic) bond motifs is 2. The predicted octanol–water partition coefficient (Wildman–Crippen LogP) is 2.24. The molecule has 0 aromatic carbocycles. The van der Waals surface area contributed by atoms with Gasteiger partial charge in [-0.2, -0.15) is 10.2 Å². The molecule has 6 aliphatic rings. The summed E-state index contributed by atoms with van der Waals surface area (Å²) in [6.07, 6.45) is 6.60. The van der Waals surface area contributed by atoms with Crippen molar-refractivity contribution in [2.24, 2.45) is 0 Å². The lowest BCUT2D eigenvalue weighted by Gasteiger charge is -2.32. The van der Waals surface area contributed by atoms with Crippen LogP contribution < -0.4 is 0 Å². The van der Waals surface area contributed by atoms with E-state index in [0.29, 0.717) is 102 Å². The first-order valence-corrected chi connectivity index (χ1v) is 23.1. The van der Waals surface area contributed by atoms with E-state index >= 15 is 0 Å². The van der Waals surface area contributed by atoms with E-state index in [1.165, 1.54) is 4.68 Å². The number of esters is 2. The third-order valence-electron chi connectivity index (χ3n) is 13.3. The second kappa shape index (κ2) is 13.9. The molecule has 0 radical (unpaired) electrons. The molecular weight excluding hydrogens is 765 g/mol. The van der Waals surface area contributed by atoms with Gasteiger partial charge in [0.05, 0.1) is 37.9 Å². The molecule has 18 heteroatoms. The van der Waals surface area contributed by atoms with Gasteiger partial charge < -0.3 is 19.5 Å². The van der Waals surface area contributed by atoms with Crippen LogP contribution >= 0.6 is 0 Å². The Bertz CT molecular complexity index is 2160. The molecule has 0 atom stereocenters. The number of aliphatic hydroxyl groups is 1. The van der Waals surface area contributed by atoms with Crippen molar-refractivity contribution in [3.63, 3.8) is 0 Å². The fourth-order valence-corrected chi connectivity index (χ4v) is 14.2. The summed E-state index contributed by atoms with van der Waals surface area (Å²) in [5.74, 6) is -1.61. The number of hydrogen-bond acceptors (Lipinski definition) is 13. The molecule has 0 spiro atoms. The molecule has 2 aliphatic heterocycles. The summed E-state index contributed by atoms with van der Waals surface area (Å²) in [6.45, 7) is 7.78. The number of aryl methyl sites for hydroxylation is 2. The van der Waals surface area contributed by atoms with Gasteiger partial charge in [-0.15, -0.1) is 0 Å². The van der Waals surface area contributed by atoms with Crippen LogP contribution in [-0.4, -0.2) is 134 Å². The van der Waals surface area contributed by atoms with Crippen LogP contribution in [0, 0.1) is 0 Å². The first-order chi connectivity index (χ1) is 26.5. The first-order valence-electron chi connectivity index (χ1n) is 20.2. The lowest BCUT2D eigenvalue weighted by molar-refractivity contribution is 0.0482. The third-order valence-corrected chi connectivity index (χ3v) is 20.0. The maximum Gasteiger partial charge on any atom is 0.359 e. The molecule has 0 bridgehead atoms. The van der Waals surface area contributed by atoms with Crippen LogP contribution in [0.5, 0.6) is 0 Å². The van der Waals surface area contributed by atoms with Gasteiger partial charge in [0.25, 0.3) is 5.91 Å². The van der Waals surface area contributed by atoms with E-state index in [-0.39, 0.29) is 68.9 Å². The number of hydrogen-bond donors (Lipinski definition) is 1. The van der Waals surface area contributed by atoms with Crippen molar-refractivity contribution in [1.82, 2.24) is 29.4 Å². The molecular formula is C38H54N6O10S2. The molecule has 4 heterocycles. The van der Waals surface area contributed by atoms with Crippen molar-refractivity contribution < 1.29 is 45.8 Å². The summed E-state index contributed by atoms with van der Waals surface area (Å²) < 4.78 is 65.3. The summed E-state index contributed by atoms with van der Waals surface area (Å²) in [4.78, 5) is 44.2. The van der Waals surface area contributed by atoms with Crippen LogP contribution in [0.3, 0.4) is 0 Å². The maximum absolute atomic E-state index is 14.0. The van der Waals surface area contributed by atoms with Crippen molar-refractivity contribution in [3.05, 3.63) is 33.9 Å². The van der Waals surface area contributed by atoms with Gasteiger partial charge in [0, 0.05) is 70.0 Å². The zero-order valence-electron chi connectivity index (χ0n) is 32.7. The predicted molar refractivity (Wildman–Crippen MR) is 203 cm³/mol. The van der Waals surface area contributed by atoms with E-state index in [2.05, 4.69) is 15.1 Å². The van der Waals surface area contributed by atoms with Gasteiger partial charge in [-0.25, -0.2) is 26.4 Å². The highest BCUT2D eigenvalue weighted by atomic mass is 32.2. The van der Waals surface area contributed by atoms with Crippen LogP contribution in [0.15, 0.2) is 0 Å². The third kappa shape index (κ3) is 6.49. The van der Waals surface area contributed by atoms with Gasteiger partial charge in [-0.1, -0.05) is 0 Å². The first kappa shape index (κ1) is 39.5. The number of carbonyl (C=O) groups excluding carboxylic acids is 3. The molecule has 2 aromatic heterocycles. The molecule has 8 rings (SSSR count). The average molecular weight is 819 g/mol. The molecule has 4 saturated carbocycles. The summed E-state index contributed by atoms with van der Waals surface area (Å²) in [5, 5.41) is 18.7. The molecule has 1 N–H and O–H groups in total. The number of ether oxygens (including phenoxy) is 2. The van der Waals surface area contributed by atoms with Crippen LogP contribution in [0.2, 0.25) is 0 Å². The highest BCUT2D eigenvalue weighted by Crippen LogP contribution is 2.57. The zero-order chi connectivity index (χ0) is 39.9. The van der Waals surface area contributed by atoms with Gasteiger partial charge >= 0.3 is 11.9 Å². The van der Waals surface area contributed by atoms with Crippen LogP contribution in [0.1, 0.15) is 133 Å². The normalized spacial score (nSPS) is 22.6. The number of nitrogens with zero attached hydrogens (tertiary/aromatic N) is 6. The van der Waals surface area contributed by atoms with Crippen LogP contribution in [-0.2, 0) is 61.6 Å². The fraction of sp³-hybridized carbons (Fsp3) is 0.763. The van der Waals surface area contributed by atoms with Gasteiger partial charge in [0.2, 0.25) is 0 Å². The quantitative estimate of drug-likeness (QED) is 0.170. The number of rotatable bonds is 18. The Balaban J connectivity index is 0.939. The lowest BCUT2D eigenvalue weighted by Crippen LogP contribution is -2.48.